The van der Waals surface area contributed by atoms with Crippen LogP contribution in [0.2, 0.25) is 0 Å². The van der Waals surface area contributed by atoms with Gasteiger partial charge in [0.25, 0.3) is 5.91 Å². The summed E-state index contributed by atoms with van der Waals surface area (Å²) in [6.07, 6.45) is 4.41. The second-order valence-corrected chi connectivity index (χ2v) is 5.90. The smallest absolute Gasteiger partial charge is 0.251 e. The first-order valence-electron chi connectivity index (χ1n) is 6.82. The van der Waals surface area contributed by atoms with E-state index in [-0.39, 0.29) is 12.0 Å². The van der Waals surface area contributed by atoms with Crippen LogP contribution in [0.1, 0.15) is 22.5 Å². The second kappa shape index (κ2) is 6.67. The van der Waals surface area contributed by atoms with Crippen molar-refractivity contribution >= 4 is 17.7 Å². The molecule has 3 heterocycles. The summed E-state index contributed by atoms with van der Waals surface area (Å²) in [6.45, 7) is 0.365. The summed E-state index contributed by atoms with van der Waals surface area (Å²) in [5, 5.41) is 2.80. The molecule has 0 aromatic carbocycles. The van der Waals surface area contributed by atoms with E-state index in [4.69, 9.17) is 9.15 Å². The van der Waals surface area contributed by atoms with Crippen molar-refractivity contribution in [2.45, 2.75) is 19.1 Å². The first-order chi connectivity index (χ1) is 10.3. The van der Waals surface area contributed by atoms with Crippen molar-refractivity contribution in [1.82, 2.24) is 10.3 Å². The Kier molecular flexibility index (Phi) is 4.45. The van der Waals surface area contributed by atoms with E-state index in [0.29, 0.717) is 18.0 Å². The molecule has 2 aromatic rings. The van der Waals surface area contributed by atoms with Crippen LogP contribution in [0, 0.1) is 0 Å². The first-order valence-corrected chi connectivity index (χ1v) is 7.98. The van der Waals surface area contributed by atoms with Gasteiger partial charge in [0.1, 0.15) is 11.9 Å². The fourth-order valence-corrected chi connectivity index (χ4v) is 3.17. The highest BCUT2D eigenvalue weighted by Crippen LogP contribution is 2.22. The largest absolute Gasteiger partial charge is 0.473 e. The summed E-state index contributed by atoms with van der Waals surface area (Å²) in [5.74, 6) is 3.16. The molecule has 0 aliphatic carbocycles. The van der Waals surface area contributed by atoms with E-state index in [1.807, 2.05) is 17.8 Å². The molecule has 1 atom stereocenters. The van der Waals surface area contributed by atoms with E-state index in [0.717, 1.165) is 23.7 Å². The molecule has 1 aliphatic heterocycles. The van der Waals surface area contributed by atoms with Gasteiger partial charge in [-0.1, -0.05) is 0 Å². The van der Waals surface area contributed by atoms with Crippen molar-refractivity contribution in [2.75, 3.05) is 11.5 Å². The monoisotopic (exact) mass is 304 g/mol. The fraction of sp³-hybridized carbons (Fsp3) is 0.333. The summed E-state index contributed by atoms with van der Waals surface area (Å²) in [5.41, 5.74) is 0.539. The van der Waals surface area contributed by atoms with Crippen LogP contribution < -0.4 is 10.1 Å². The van der Waals surface area contributed by atoms with E-state index in [9.17, 15) is 4.79 Å². The standard InChI is InChI=1S/C15H16N2O3S/c18-15(17-9-12-2-1-6-19-12)11-3-5-16-14(8-11)20-13-4-7-21-10-13/h1-3,5-6,8,13H,4,7,9-10H2,(H,17,18)/t13-/m1/s1. The van der Waals surface area contributed by atoms with E-state index in [1.54, 1.807) is 30.7 Å². The molecule has 110 valence electrons. The molecule has 1 N–H and O–H groups in total. The Morgan fingerprint density at radius 3 is 3.24 bits per heavy atom. The molecule has 0 bridgehead atoms. The molecule has 3 rings (SSSR count). The van der Waals surface area contributed by atoms with Gasteiger partial charge in [-0.3, -0.25) is 4.79 Å². The maximum Gasteiger partial charge on any atom is 0.251 e. The van der Waals surface area contributed by atoms with Crippen molar-refractivity contribution < 1.29 is 13.9 Å². The van der Waals surface area contributed by atoms with Gasteiger partial charge >= 0.3 is 0 Å². The van der Waals surface area contributed by atoms with Crippen molar-refractivity contribution in [1.29, 1.82) is 0 Å². The van der Waals surface area contributed by atoms with Gasteiger partial charge in [0.15, 0.2) is 0 Å². The van der Waals surface area contributed by atoms with Gasteiger partial charge in [0.2, 0.25) is 5.88 Å². The Labute approximate surface area is 127 Å². The Morgan fingerprint density at radius 1 is 1.52 bits per heavy atom. The van der Waals surface area contributed by atoms with Gasteiger partial charge in [0, 0.05) is 23.6 Å². The summed E-state index contributed by atoms with van der Waals surface area (Å²) >= 11 is 1.88. The average molecular weight is 304 g/mol. The second-order valence-electron chi connectivity index (χ2n) is 4.75. The van der Waals surface area contributed by atoms with Crippen LogP contribution in [0.25, 0.3) is 0 Å². The molecular weight excluding hydrogens is 288 g/mol. The zero-order valence-electron chi connectivity index (χ0n) is 11.5. The molecule has 0 spiro atoms. The lowest BCUT2D eigenvalue weighted by Gasteiger charge is -2.12. The van der Waals surface area contributed by atoms with Gasteiger partial charge in [0.05, 0.1) is 12.8 Å². The van der Waals surface area contributed by atoms with E-state index >= 15 is 0 Å². The predicted octanol–water partition coefficient (Wildman–Crippen LogP) is 2.49. The molecular formula is C15H16N2O3S. The number of thioether (sulfide) groups is 1. The number of nitrogens with zero attached hydrogens (tertiary/aromatic N) is 1. The third-order valence-electron chi connectivity index (χ3n) is 3.18. The van der Waals surface area contributed by atoms with Crippen molar-refractivity contribution in [3.63, 3.8) is 0 Å². The molecule has 5 nitrogen and oxygen atoms in total. The van der Waals surface area contributed by atoms with Gasteiger partial charge in [-0.25, -0.2) is 4.98 Å². The fourth-order valence-electron chi connectivity index (χ4n) is 2.07. The normalized spacial score (nSPS) is 17.6. The van der Waals surface area contributed by atoms with Crippen LogP contribution in [0.15, 0.2) is 41.1 Å². The van der Waals surface area contributed by atoms with Gasteiger partial charge in [-0.15, -0.1) is 0 Å². The third kappa shape index (κ3) is 3.78. The van der Waals surface area contributed by atoms with Gasteiger partial charge in [-0.2, -0.15) is 11.8 Å². The lowest BCUT2D eigenvalue weighted by molar-refractivity contribution is 0.0947. The number of ether oxygens (including phenoxy) is 1. The van der Waals surface area contributed by atoms with E-state index in [1.165, 1.54) is 0 Å². The summed E-state index contributed by atoms with van der Waals surface area (Å²) < 4.78 is 11.0. The van der Waals surface area contributed by atoms with Gasteiger partial charge in [-0.05, 0) is 30.4 Å². The molecule has 1 aliphatic rings. The maximum atomic E-state index is 12.1. The summed E-state index contributed by atoms with van der Waals surface area (Å²) in [4.78, 5) is 16.3. The minimum atomic E-state index is -0.167. The number of amides is 1. The number of carbonyl (C=O) groups is 1. The zero-order valence-corrected chi connectivity index (χ0v) is 12.3. The van der Waals surface area contributed by atoms with Crippen LogP contribution in [0.3, 0.4) is 0 Å². The van der Waals surface area contributed by atoms with E-state index < -0.39 is 0 Å². The Balaban J connectivity index is 1.60. The molecule has 0 unspecified atom stereocenters. The number of nitrogens with one attached hydrogen (secondary N) is 1. The minimum Gasteiger partial charge on any atom is -0.473 e. The molecule has 2 aromatic heterocycles. The molecule has 1 saturated heterocycles. The molecule has 0 radical (unpaired) electrons. The SMILES string of the molecule is O=C(NCc1ccco1)c1ccnc(O[C@@H]2CCSC2)c1. The number of carbonyl (C=O) groups excluding carboxylic acids is 1. The minimum absolute atomic E-state index is 0.167. The predicted molar refractivity (Wildman–Crippen MR) is 80.5 cm³/mol. The number of hydrogen-bond donors (Lipinski definition) is 1. The van der Waals surface area contributed by atoms with E-state index in [2.05, 4.69) is 10.3 Å². The van der Waals surface area contributed by atoms with Crippen molar-refractivity contribution in [3.05, 3.63) is 48.0 Å². The zero-order chi connectivity index (χ0) is 14.5. The van der Waals surface area contributed by atoms with Crippen LogP contribution in [-0.4, -0.2) is 28.5 Å². The average Bonchev–Trinajstić information content (AvgIpc) is 3.18. The van der Waals surface area contributed by atoms with Crippen LogP contribution in [0.5, 0.6) is 5.88 Å². The van der Waals surface area contributed by atoms with Crippen molar-refractivity contribution in [3.8, 4) is 5.88 Å². The quantitative estimate of drug-likeness (QED) is 0.919. The lowest BCUT2D eigenvalue weighted by Crippen LogP contribution is -2.23. The van der Waals surface area contributed by atoms with Gasteiger partial charge < -0.3 is 14.5 Å². The number of furan rings is 1. The van der Waals surface area contributed by atoms with Crippen molar-refractivity contribution in [2.24, 2.45) is 0 Å². The third-order valence-corrected chi connectivity index (χ3v) is 4.31. The lowest BCUT2D eigenvalue weighted by atomic mass is 10.2. The highest BCUT2D eigenvalue weighted by atomic mass is 32.2. The molecule has 1 amide bonds. The highest BCUT2D eigenvalue weighted by molar-refractivity contribution is 7.99. The molecule has 21 heavy (non-hydrogen) atoms. The molecule has 6 heteroatoms. The highest BCUT2D eigenvalue weighted by Gasteiger charge is 2.18. The number of rotatable bonds is 5. The summed E-state index contributed by atoms with van der Waals surface area (Å²) in [7, 11) is 0. The Bertz CT molecular complexity index is 595. The first kappa shape index (κ1) is 14.0. The number of pyridine rings is 1. The Morgan fingerprint density at radius 2 is 2.48 bits per heavy atom. The maximum absolute atomic E-state index is 12.1. The number of aromatic nitrogens is 1. The van der Waals surface area contributed by atoms with Crippen LogP contribution in [-0.2, 0) is 6.54 Å². The molecule has 1 fully saturated rings. The van der Waals surface area contributed by atoms with Crippen LogP contribution >= 0.6 is 11.8 Å². The Hall–Kier alpha value is -1.95. The number of hydrogen-bond acceptors (Lipinski definition) is 5. The summed E-state index contributed by atoms with van der Waals surface area (Å²) in [6, 6.07) is 6.97. The molecule has 0 saturated carbocycles. The van der Waals surface area contributed by atoms with Crippen LogP contribution in [0.4, 0.5) is 0 Å². The topological polar surface area (TPSA) is 64.4 Å².